The van der Waals surface area contributed by atoms with Crippen LogP contribution >= 0.6 is 0 Å². The molecular formula is C19H24F2N9O2+. The quantitative estimate of drug-likeness (QED) is 0.463. The number of nitrogens with zero attached hydrogens (tertiary/aromatic N) is 5. The van der Waals surface area contributed by atoms with Gasteiger partial charge in [-0.2, -0.15) is 5.01 Å². The molecule has 3 heterocycles. The van der Waals surface area contributed by atoms with Crippen molar-refractivity contribution in [2.45, 2.75) is 43.7 Å². The second kappa shape index (κ2) is 8.57. The average molecular weight is 448 g/mol. The van der Waals surface area contributed by atoms with Gasteiger partial charge in [-0.1, -0.05) is 12.8 Å². The Labute approximate surface area is 182 Å². The summed E-state index contributed by atoms with van der Waals surface area (Å²) < 4.78 is 26.0. The number of rotatable bonds is 7. The van der Waals surface area contributed by atoms with Crippen LogP contribution in [0.2, 0.25) is 0 Å². The molecule has 0 radical (unpaired) electrons. The third-order valence-corrected chi connectivity index (χ3v) is 5.45. The van der Waals surface area contributed by atoms with Crippen LogP contribution in [0.25, 0.3) is 0 Å². The molecule has 2 aromatic heterocycles. The van der Waals surface area contributed by atoms with Gasteiger partial charge in [0.2, 0.25) is 0 Å². The predicted molar refractivity (Wildman–Crippen MR) is 112 cm³/mol. The number of pyridine rings is 1. The lowest BCUT2D eigenvalue weighted by Gasteiger charge is -2.34. The van der Waals surface area contributed by atoms with Gasteiger partial charge in [-0.3, -0.25) is 4.79 Å². The monoisotopic (exact) mass is 448 g/mol. The summed E-state index contributed by atoms with van der Waals surface area (Å²) in [6.07, 6.45) is 6.71. The lowest BCUT2D eigenvalue weighted by Crippen LogP contribution is -2.58. The molecule has 0 spiro atoms. The molecule has 170 valence electrons. The Morgan fingerprint density at radius 3 is 2.56 bits per heavy atom. The van der Waals surface area contributed by atoms with Gasteiger partial charge in [0.15, 0.2) is 17.7 Å². The maximum Gasteiger partial charge on any atom is 0.388 e. The number of carbonyl (C=O) groups excluding carboxylic acids is 1. The third-order valence-electron chi connectivity index (χ3n) is 5.45. The number of anilines is 3. The largest absolute Gasteiger partial charge is 0.388 e. The number of amides is 1. The molecule has 1 aliphatic heterocycles. The Morgan fingerprint density at radius 1 is 1.19 bits per heavy atom. The number of aromatic nitrogens is 3. The predicted octanol–water partition coefficient (Wildman–Crippen LogP) is 1.67. The van der Waals surface area contributed by atoms with Gasteiger partial charge in [-0.25, -0.2) is 18.7 Å². The average Bonchev–Trinajstić information content (AvgIpc) is 2.73. The molecule has 6 N–H and O–H groups in total. The Balaban J connectivity index is 1.48. The highest BCUT2D eigenvalue weighted by atomic mass is 19.3. The van der Waals surface area contributed by atoms with E-state index in [9.17, 15) is 18.5 Å². The van der Waals surface area contributed by atoms with E-state index in [1.165, 1.54) is 24.5 Å². The number of primary amides is 1. The standard InChI is InChI=1S/C19H23F2N9O2/c20-19(21)9-29(10-19)30(32)15-6-5-11(7-24-15)26-18-16(17(23)31)25-8-14(28-18)27-13-4-2-1-3-12(13)22/h5-8,12-13H,1-4,9-10,22H2,(H3-,23,26,27,28,31,32)/p+1/t12-,13+/m0/s1. The molecule has 2 aromatic rings. The molecule has 1 saturated carbocycles. The number of alkyl halides is 2. The van der Waals surface area contributed by atoms with E-state index in [0.717, 1.165) is 30.7 Å². The van der Waals surface area contributed by atoms with Crippen molar-refractivity contribution >= 4 is 29.0 Å². The van der Waals surface area contributed by atoms with Gasteiger partial charge in [0, 0.05) is 18.2 Å². The van der Waals surface area contributed by atoms with Gasteiger partial charge in [0.25, 0.3) is 11.8 Å². The fourth-order valence-electron chi connectivity index (χ4n) is 3.73. The number of hydrazine groups is 1. The summed E-state index contributed by atoms with van der Waals surface area (Å²) in [7, 11) is 0. The fraction of sp³-hybridized carbons (Fsp3) is 0.474. The van der Waals surface area contributed by atoms with E-state index < -0.39 is 24.9 Å². The fourth-order valence-corrected chi connectivity index (χ4v) is 3.73. The van der Waals surface area contributed by atoms with E-state index in [2.05, 4.69) is 25.6 Å². The smallest absolute Gasteiger partial charge is 0.364 e. The molecule has 11 nitrogen and oxygen atoms in total. The molecule has 2 atom stereocenters. The van der Waals surface area contributed by atoms with E-state index in [1.807, 2.05) is 0 Å². The van der Waals surface area contributed by atoms with Gasteiger partial charge in [0.1, 0.15) is 18.9 Å². The van der Waals surface area contributed by atoms with Crippen LogP contribution in [0, 0.1) is 4.91 Å². The molecule has 0 bridgehead atoms. The number of hydrogen-bond donors (Lipinski definition) is 4. The van der Waals surface area contributed by atoms with Crippen LogP contribution < -0.4 is 22.1 Å². The first-order valence-corrected chi connectivity index (χ1v) is 10.2. The van der Waals surface area contributed by atoms with Crippen LogP contribution in [-0.2, 0) is 0 Å². The van der Waals surface area contributed by atoms with Crippen molar-refractivity contribution in [3.63, 3.8) is 0 Å². The van der Waals surface area contributed by atoms with Gasteiger partial charge in [-0.05, 0) is 28.8 Å². The minimum atomic E-state index is -2.87. The Kier molecular flexibility index (Phi) is 5.82. The van der Waals surface area contributed by atoms with Crippen LogP contribution in [-0.4, -0.2) is 61.8 Å². The van der Waals surface area contributed by atoms with Crippen molar-refractivity contribution in [1.82, 2.24) is 20.0 Å². The zero-order chi connectivity index (χ0) is 22.9. The van der Waals surface area contributed by atoms with E-state index >= 15 is 0 Å². The highest BCUT2D eigenvalue weighted by Crippen LogP contribution is 2.29. The zero-order valence-electron chi connectivity index (χ0n) is 17.2. The summed E-state index contributed by atoms with van der Waals surface area (Å²) in [6, 6.07) is 2.92. The topological polar surface area (TPSA) is 155 Å². The van der Waals surface area contributed by atoms with Crippen molar-refractivity contribution in [2.75, 3.05) is 23.7 Å². The van der Waals surface area contributed by atoms with Crippen LogP contribution in [0.5, 0.6) is 0 Å². The molecule has 1 aliphatic carbocycles. The van der Waals surface area contributed by atoms with Crippen LogP contribution in [0.3, 0.4) is 0 Å². The van der Waals surface area contributed by atoms with E-state index in [1.54, 1.807) is 0 Å². The summed E-state index contributed by atoms with van der Waals surface area (Å²) in [5.74, 6) is -3.13. The van der Waals surface area contributed by atoms with Crippen molar-refractivity contribution in [1.29, 1.82) is 0 Å². The van der Waals surface area contributed by atoms with Gasteiger partial charge in [-0.15, -0.1) is 0 Å². The highest BCUT2D eigenvalue weighted by molar-refractivity contribution is 5.96. The number of carbonyl (C=O) groups is 1. The van der Waals surface area contributed by atoms with Gasteiger partial charge in [0.05, 0.1) is 16.8 Å². The summed E-state index contributed by atoms with van der Waals surface area (Å²) in [6.45, 7) is -1.31. The van der Waals surface area contributed by atoms with Crippen LogP contribution in [0.4, 0.5) is 31.9 Å². The van der Waals surface area contributed by atoms with Crippen molar-refractivity contribution < 1.29 is 18.4 Å². The lowest BCUT2D eigenvalue weighted by molar-refractivity contribution is -0.672. The molecule has 32 heavy (non-hydrogen) atoms. The van der Waals surface area contributed by atoms with Gasteiger partial charge >= 0.3 is 5.82 Å². The molecule has 2 fully saturated rings. The first kappa shape index (κ1) is 21.7. The summed E-state index contributed by atoms with van der Waals surface area (Å²) in [5, 5.41) is 7.12. The summed E-state index contributed by atoms with van der Waals surface area (Å²) in [4.78, 5) is 36.7. The highest BCUT2D eigenvalue weighted by Gasteiger charge is 2.49. The Morgan fingerprint density at radius 2 is 1.94 bits per heavy atom. The minimum absolute atomic E-state index is 0.00378. The van der Waals surface area contributed by atoms with E-state index in [0.29, 0.717) is 16.4 Å². The summed E-state index contributed by atoms with van der Waals surface area (Å²) >= 11 is 0. The van der Waals surface area contributed by atoms with E-state index in [4.69, 9.17) is 11.5 Å². The molecule has 0 unspecified atom stereocenters. The molecule has 13 heteroatoms. The van der Waals surface area contributed by atoms with E-state index in [-0.39, 0.29) is 29.4 Å². The van der Waals surface area contributed by atoms with Gasteiger partial charge < -0.3 is 22.1 Å². The second-order valence-corrected chi connectivity index (χ2v) is 8.00. The number of nitroso groups, excluding NO2 is 1. The van der Waals surface area contributed by atoms with Crippen LogP contribution in [0.15, 0.2) is 24.5 Å². The zero-order valence-corrected chi connectivity index (χ0v) is 17.2. The van der Waals surface area contributed by atoms with Crippen LogP contribution in [0.1, 0.15) is 36.2 Å². The Bertz CT molecular complexity index is 1010. The first-order chi connectivity index (χ1) is 15.2. The second-order valence-electron chi connectivity index (χ2n) is 8.00. The summed E-state index contributed by atoms with van der Waals surface area (Å²) in [5.41, 5.74) is 11.9. The number of nitrogens with two attached hydrogens (primary N) is 2. The Hall–Kier alpha value is -3.48. The minimum Gasteiger partial charge on any atom is -0.364 e. The SMILES string of the molecule is NC(=O)c1ncc(N[C@@H]2CCCC[C@@H]2N)nc1Nc1ccc([N+](=O)N2CC(F)(F)C2)nc1. The number of halogens is 2. The molecule has 1 amide bonds. The molecular weight excluding hydrogens is 424 g/mol. The lowest BCUT2D eigenvalue weighted by atomic mass is 9.91. The van der Waals surface area contributed by atoms with Crippen molar-refractivity contribution in [2.24, 2.45) is 11.5 Å². The normalized spacial score (nSPS) is 22.0. The molecule has 4 rings (SSSR count). The molecule has 1 saturated heterocycles. The molecule has 0 aromatic carbocycles. The third kappa shape index (κ3) is 4.72. The van der Waals surface area contributed by atoms with Crippen molar-refractivity contribution in [3.8, 4) is 0 Å². The number of hydrogen-bond acceptors (Lipinski definition) is 8. The maximum atomic E-state index is 13.0. The number of nitrogens with one attached hydrogen (secondary N) is 2. The molecule has 2 aliphatic rings. The first-order valence-electron chi connectivity index (χ1n) is 10.2. The maximum absolute atomic E-state index is 13.0. The van der Waals surface area contributed by atoms with Crippen molar-refractivity contribution in [3.05, 3.63) is 35.1 Å².